The zero-order valence-corrected chi connectivity index (χ0v) is 8.09. The number of H-pyrrole nitrogens is 1. The second-order valence-corrected chi connectivity index (χ2v) is 3.47. The average Bonchev–Trinajstić information content (AvgIpc) is 2.15. The number of fused-ring (bicyclic) bond motifs is 1. The lowest BCUT2D eigenvalue weighted by Gasteiger charge is -2.04. The molecule has 0 atom stereocenters. The van der Waals surface area contributed by atoms with Crippen LogP contribution >= 0.6 is 0 Å². The van der Waals surface area contributed by atoms with E-state index in [1.807, 2.05) is 6.92 Å². The van der Waals surface area contributed by atoms with Gasteiger partial charge in [-0.05, 0) is 31.5 Å². The van der Waals surface area contributed by atoms with Crippen molar-refractivity contribution in [3.63, 3.8) is 0 Å². The maximum atomic E-state index is 11.4. The van der Waals surface area contributed by atoms with E-state index in [4.69, 9.17) is 0 Å². The number of aromatic hydroxyl groups is 1. The molecule has 0 saturated heterocycles. The summed E-state index contributed by atoms with van der Waals surface area (Å²) in [6.45, 7) is 3.62. The first-order valence-corrected chi connectivity index (χ1v) is 4.42. The molecule has 3 nitrogen and oxygen atoms in total. The van der Waals surface area contributed by atoms with E-state index < -0.39 is 0 Å². The molecule has 2 N–H and O–H groups in total. The summed E-state index contributed by atoms with van der Waals surface area (Å²) < 4.78 is 0. The third-order valence-corrected chi connectivity index (χ3v) is 2.39. The molecule has 1 aromatic heterocycles. The van der Waals surface area contributed by atoms with Gasteiger partial charge < -0.3 is 10.1 Å². The molecule has 0 spiro atoms. The number of phenolic OH excluding ortho intramolecular Hbond substituents is 1. The molecule has 0 aliphatic carbocycles. The second kappa shape index (κ2) is 2.87. The highest BCUT2D eigenvalue weighted by molar-refractivity contribution is 5.87. The minimum atomic E-state index is -0.105. The second-order valence-electron chi connectivity index (χ2n) is 3.47. The molecule has 0 unspecified atom stereocenters. The zero-order chi connectivity index (χ0) is 10.3. The Hall–Kier alpha value is -1.77. The van der Waals surface area contributed by atoms with Gasteiger partial charge in [0.1, 0.15) is 5.75 Å². The number of aromatic amines is 1. The number of phenols is 1. The zero-order valence-electron chi connectivity index (χ0n) is 8.09. The highest BCUT2D eigenvalue weighted by Gasteiger charge is 2.04. The number of rotatable bonds is 0. The van der Waals surface area contributed by atoms with Crippen molar-refractivity contribution < 1.29 is 5.11 Å². The van der Waals surface area contributed by atoms with Crippen LogP contribution in [0.15, 0.2) is 23.0 Å². The topological polar surface area (TPSA) is 53.1 Å². The third kappa shape index (κ3) is 1.18. The maximum Gasteiger partial charge on any atom is 0.251 e. The first-order chi connectivity index (χ1) is 6.59. The van der Waals surface area contributed by atoms with Crippen molar-refractivity contribution in [3.05, 3.63) is 39.7 Å². The number of hydrogen-bond acceptors (Lipinski definition) is 2. The van der Waals surface area contributed by atoms with Crippen LogP contribution in [0.4, 0.5) is 0 Å². The molecule has 0 radical (unpaired) electrons. The van der Waals surface area contributed by atoms with Crippen LogP contribution in [-0.4, -0.2) is 10.1 Å². The average molecular weight is 189 g/mol. The van der Waals surface area contributed by atoms with Crippen LogP contribution in [0, 0.1) is 13.8 Å². The summed E-state index contributed by atoms with van der Waals surface area (Å²) >= 11 is 0. The SMILES string of the molecule is Cc1cc2c(O)ccc(C)c2[nH]c1=O. The van der Waals surface area contributed by atoms with E-state index in [1.54, 1.807) is 25.1 Å². The van der Waals surface area contributed by atoms with Crippen molar-refractivity contribution in [1.29, 1.82) is 0 Å². The number of hydrogen-bond donors (Lipinski definition) is 2. The van der Waals surface area contributed by atoms with Crippen LogP contribution in [0.3, 0.4) is 0 Å². The standard InChI is InChI=1S/C11H11NO2/c1-6-3-4-9(13)8-5-7(2)11(14)12-10(6)8/h3-5,13H,1-2H3,(H,12,14). The molecule has 1 aromatic carbocycles. The van der Waals surface area contributed by atoms with Crippen molar-refractivity contribution in [1.82, 2.24) is 4.98 Å². The summed E-state index contributed by atoms with van der Waals surface area (Å²) in [7, 11) is 0. The Labute approximate surface area is 81.0 Å². The van der Waals surface area contributed by atoms with Gasteiger partial charge in [-0.1, -0.05) is 6.07 Å². The summed E-state index contributed by atoms with van der Waals surface area (Å²) in [6.07, 6.45) is 0. The van der Waals surface area contributed by atoms with E-state index in [-0.39, 0.29) is 11.3 Å². The monoisotopic (exact) mass is 189 g/mol. The molecular formula is C11H11NO2. The predicted octanol–water partition coefficient (Wildman–Crippen LogP) is 1.85. The van der Waals surface area contributed by atoms with E-state index >= 15 is 0 Å². The van der Waals surface area contributed by atoms with Gasteiger partial charge in [-0.3, -0.25) is 4.79 Å². The van der Waals surface area contributed by atoms with Crippen LogP contribution in [0.5, 0.6) is 5.75 Å². The van der Waals surface area contributed by atoms with Crippen molar-refractivity contribution >= 4 is 10.9 Å². The summed E-state index contributed by atoms with van der Waals surface area (Å²) in [5.74, 6) is 0.199. The molecule has 0 aliphatic rings. The van der Waals surface area contributed by atoms with Gasteiger partial charge in [0.2, 0.25) is 0 Å². The van der Waals surface area contributed by atoms with Crippen LogP contribution in [0.2, 0.25) is 0 Å². The van der Waals surface area contributed by atoms with E-state index in [0.29, 0.717) is 16.5 Å². The maximum absolute atomic E-state index is 11.4. The van der Waals surface area contributed by atoms with Crippen LogP contribution in [0.1, 0.15) is 11.1 Å². The van der Waals surface area contributed by atoms with Gasteiger partial charge in [-0.2, -0.15) is 0 Å². The summed E-state index contributed by atoms with van der Waals surface area (Å²) in [5.41, 5.74) is 2.17. The predicted molar refractivity (Wildman–Crippen MR) is 55.7 cm³/mol. The molecule has 0 bridgehead atoms. The van der Waals surface area contributed by atoms with Gasteiger partial charge in [-0.25, -0.2) is 0 Å². The van der Waals surface area contributed by atoms with Gasteiger partial charge in [0.15, 0.2) is 0 Å². The van der Waals surface area contributed by atoms with Crippen LogP contribution in [-0.2, 0) is 0 Å². The van der Waals surface area contributed by atoms with Gasteiger partial charge in [0.25, 0.3) is 5.56 Å². The highest BCUT2D eigenvalue weighted by Crippen LogP contribution is 2.24. The number of aromatic nitrogens is 1. The smallest absolute Gasteiger partial charge is 0.251 e. The molecule has 0 saturated carbocycles. The van der Waals surface area contributed by atoms with Crippen molar-refractivity contribution in [2.45, 2.75) is 13.8 Å². The molecule has 0 fully saturated rings. The summed E-state index contributed by atoms with van der Waals surface area (Å²) in [6, 6.07) is 5.12. The lowest BCUT2D eigenvalue weighted by Crippen LogP contribution is -2.09. The lowest BCUT2D eigenvalue weighted by atomic mass is 10.1. The molecule has 14 heavy (non-hydrogen) atoms. The fourth-order valence-corrected chi connectivity index (χ4v) is 1.52. The number of benzene rings is 1. The molecule has 1 heterocycles. The molecule has 72 valence electrons. The fourth-order valence-electron chi connectivity index (χ4n) is 1.52. The normalized spacial score (nSPS) is 10.7. The Morgan fingerprint density at radius 2 is 1.93 bits per heavy atom. The van der Waals surface area contributed by atoms with Crippen molar-refractivity contribution in [3.8, 4) is 5.75 Å². The minimum Gasteiger partial charge on any atom is -0.507 e. The fraction of sp³-hybridized carbons (Fsp3) is 0.182. The molecule has 2 aromatic rings. The van der Waals surface area contributed by atoms with E-state index in [9.17, 15) is 9.90 Å². The third-order valence-electron chi connectivity index (χ3n) is 2.39. The minimum absolute atomic E-state index is 0.105. The Morgan fingerprint density at radius 3 is 2.64 bits per heavy atom. The Bertz CT molecular complexity index is 555. The molecule has 0 amide bonds. The van der Waals surface area contributed by atoms with E-state index in [0.717, 1.165) is 5.56 Å². The number of nitrogens with one attached hydrogen (secondary N) is 1. The van der Waals surface area contributed by atoms with Crippen LogP contribution < -0.4 is 5.56 Å². The van der Waals surface area contributed by atoms with Gasteiger partial charge in [0.05, 0.1) is 5.52 Å². The highest BCUT2D eigenvalue weighted by atomic mass is 16.3. The first-order valence-electron chi connectivity index (χ1n) is 4.42. The Kier molecular flexibility index (Phi) is 1.81. The molecule has 2 rings (SSSR count). The van der Waals surface area contributed by atoms with Gasteiger partial charge in [0, 0.05) is 10.9 Å². The Balaban J connectivity index is 3.01. The molecular weight excluding hydrogens is 178 g/mol. The number of aryl methyl sites for hydroxylation is 2. The molecule has 0 aliphatic heterocycles. The lowest BCUT2D eigenvalue weighted by molar-refractivity contribution is 0.481. The summed E-state index contributed by atoms with van der Waals surface area (Å²) in [4.78, 5) is 14.1. The first kappa shape index (κ1) is 8.81. The largest absolute Gasteiger partial charge is 0.507 e. The number of pyridine rings is 1. The van der Waals surface area contributed by atoms with E-state index in [1.165, 1.54) is 0 Å². The molecule has 3 heteroatoms. The van der Waals surface area contributed by atoms with Crippen LogP contribution in [0.25, 0.3) is 10.9 Å². The van der Waals surface area contributed by atoms with Crippen molar-refractivity contribution in [2.75, 3.05) is 0 Å². The quantitative estimate of drug-likeness (QED) is 0.664. The van der Waals surface area contributed by atoms with E-state index in [2.05, 4.69) is 4.98 Å². The van der Waals surface area contributed by atoms with Gasteiger partial charge >= 0.3 is 0 Å². The van der Waals surface area contributed by atoms with Gasteiger partial charge in [-0.15, -0.1) is 0 Å². The Morgan fingerprint density at radius 1 is 1.21 bits per heavy atom. The van der Waals surface area contributed by atoms with Crippen molar-refractivity contribution in [2.24, 2.45) is 0 Å². The summed E-state index contributed by atoms with van der Waals surface area (Å²) in [5, 5.41) is 10.3.